The summed E-state index contributed by atoms with van der Waals surface area (Å²) in [6.07, 6.45) is -4.71. The van der Waals surface area contributed by atoms with E-state index in [1.54, 1.807) is 0 Å². The molecule has 0 saturated carbocycles. The van der Waals surface area contributed by atoms with Crippen LogP contribution in [0.15, 0.2) is 77.7 Å². The number of rotatable bonds is 10. The molecular formula is C30H20F9N3O5S. The number of hydrogen-bond donors (Lipinski definition) is 2. The quantitative estimate of drug-likeness (QED) is 0.0684. The number of sulfonamides is 1. The van der Waals surface area contributed by atoms with Gasteiger partial charge in [0, 0.05) is 23.4 Å². The van der Waals surface area contributed by atoms with Crippen molar-refractivity contribution in [3.05, 3.63) is 130 Å². The molecule has 0 aliphatic heterocycles. The third-order valence-electron chi connectivity index (χ3n) is 6.86. The van der Waals surface area contributed by atoms with Gasteiger partial charge in [-0.1, -0.05) is 12.1 Å². The van der Waals surface area contributed by atoms with E-state index in [9.17, 15) is 57.5 Å². The van der Waals surface area contributed by atoms with Gasteiger partial charge in [-0.25, -0.2) is 40.2 Å². The van der Waals surface area contributed by atoms with E-state index in [2.05, 4.69) is 0 Å². The fraction of sp³-hybridized carbons (Fsp3) is 0.133. The lowest BCUT2D eigenvalue weighted by molar-refractivity contribution is -0.137. The fourth-order valence-electron chi connectivity index (χ4n) is 4.35. The standard InChI is InChI=1S/C30H20F9N3O5S/c31-19-7-11-21(12-8-19)48(46,47)41(14-22-24(32)26(34)28(36)27(35)25(22)33)15-23(43)42(20-9-3-17(4-10-20)29(44)40-45)13-16-1-5-18(6-2-16)30(37,38)39/h1-12,45H,13-15H2,(H,40,44). The van der Waals surface area contributed by atoms with Crippen LogP contribution in [0.1, 0.15) is 27.0 Å². The van der Waals surface area contributed by atoms with Gasteiger partial charge < -0.3 is 4.90 Å². The van der Waals surface area contributed by atoms with Crippen LogP contribution in [0.25, 0.3) is 0 Å². The summed E-state index contributed by atoms with van der Waals surface area (Å²) in [6, 6.07) is 10.7. The second kappa shape index (κ2) is 14.0. The van der Waals surface area contributed by atoms with Crippen LogP contribution in [0.5, 0.6) is 0 Å². The molecule has 2 N–H and O–H groups in total. The zero-order chi connectivity index (χ0) is 35.6. The maximum atomic E-state index is 14.7. The predicted molar refractivity (Wildman–Crippen MR) is 149 cm³/mol. The Labute approximate surface area is 265 Å². The van der Waals surface area contributed by atoms with Crippen molar-refractivity contribution < 1.29 is 62.7 Å². The minimum absolute atomic E-state index is 0.0567. The van der Waals surface area contributed by atoms with E-state index in [1.807, 2.05) is 0 Å². The molecule has 254 valence electrons. The minimum Gasteiger partial charge on any atom is -0.307 e. The molecule has 0 spiro atoms. The Kier molecular flexibility index (Phi) is 10.5. The molecule has 0 heterocycles. The first kappa shape index (κ1) is 35.9. The zero-order valence-electron chi connectivity index (χ0n) is 23.8. The van der Waals surface area contributed by atoms with E-state index in [0.717, 1.165) is 41.3 Å². The van der Waals surface area contributed by atoms with Gasteiger partial charge in [-0.05, 0) is 66.2 Å². The van der Waals surface area contributed by atoms with Gasteiger partial charge in [-0.2, -0.15) is 17.5 Å². The van der Waals surface area contributed by atoms with Gasteiger partial charge in [0.15, 0.2) is 23.3 Å². The topological polar surface area (TPSA) is 107 Å². The van der Waals surface area contributed by atoms with Gasteiger partial charge in [0.05, 0.1) is 23.5 Å². The zero-order valence-corrected chi connectivity index (χ0v) is 24.7. The normalized spacial score (nSPS) is 11.9. The van der Waals surface area contributed by atoms with Gasteiger partial charge >= 0.3 is 6.18 Å². The van der Waals surface area contributed by atoms with Crippen LogP contribution in [-0.2, 0) is 34.1 Å². The smallest absolute Gasteiger partial charge is 0.307 e. The molecule has 4 aromatic rings. The Bertz CT molecular complexity index is 1910. The minimum atomic E-state index is -5.07. The van der Waals surface area contributed by atoms with Crippen molar-refractivity contribution in [3.63, 3.8) is 0 Å². The number of hydrogen-bond acceptors (Lipinski definition) is 5. The molecule has 8 nitrogen and oxygen atoms in total. The van der Waals surface area contributed by atoms with E-state index >= 15 is 0 Å². The number of hydroxylamine groups is 1. The number of halogens is 9. The van der Waals surface area contributed by atoms with E-state index in [4.69, 9.17) is 5.21 Å². The summed E-state index contributed by atoms with van der Waals surface area (Å²) in [5.74, 6) is -15.2. The summed E-state index contributed by atoms with van der Waals surface area (Å²) in [6.45, 7) is -3.52. The maximum Gasteiger partial charge on any atom is 0.416 e. The van der Waals surface area contributed by atoms with Crippen molar-refractivity contribution >= 4 is 27.5 Å². The number of alkyl halides is 3. The van der Waals surface area contributed by atoms with Crippen molar-refractivity contribution in [3.8, 4) is 0 Å². The molecule has 18 heteroatoms. The highest BCUT2D eigenvalue weighted by Crippen LogP contribution is 2.31. The Morgan fingerprint density at radius 1 is 0.708 bits per heavy atom. The largest absolute Gasteiger partial charge is 0.416 e. The van der Waals surface area contributed by atoms with Crippen LogP contribution in [-0.4, -0.2) is 36.3 Å². The molecule has 4 rings (SSSR count). The van der Waals surface area contributed by atoms with Gasteiger partial charge in [0.2, 0.25) is 21.7 Å². The number of anilines is 1. The summed E-state index contributed by atoms with van der Waals surface area (Å²) >= 11 is 0. The lowest BCUT2D eigenvalue weighted by atomic mass is 10.1. The monoisotopic (exact) mass is 705 g/mol. The average molecular weight is 706 g/mol. The highest BCUT2D eigenvalue weighted by molar-refractivity contribution is 7.89. The first-order chi connectivity index (χ1) is 22.4. The van der Waals surface area contributed by atoms with E-state index in [0.29, 0.717) is 36.4 Å². The summed E-state index contributed by atoms with van der Waals surface area (Å²) in [7, 11) is -5.07. The Morgan fingerprint density at radius 3 is 1.73 bits per heavy atom. The van der Waals surface area contributed by atoms with Crippen molar-refractivity contribution in [2.45, 2.75) is 24.2 Å². The number of carbonyl (C=O) groups excluding carboxylic acids is 2. The van der Waals surface area contributed by atoms with Crippen molar-refractivity contribution in [1.82, 2.24) is 9.79 Å². The Balaban J connectivity index is 1.80. The van der Waals surface area contributed by atoms with Crippen LogP contribution in [0.3, 0.4) is 0 Å². The third-order valence-corrected chi connectivity index (χ3v) is 8.67. The van der Waals surface area contributed by atoms with Crippen molar-refractivity contribution in [2.24, 2.45) is 0 Å². The van der Waals surface area contributed by atoms with Crippen molar-refractivity contribution in [2.75, 3.05) is 11.4 Å². The van der Waals surface area contributed by atoms with Crippen LogP contribution in [0.4, 0.5) is 45.2 Å². The first-order valence-corrected chi connectivity index (χ1v) is 14.7. The van der Waals surface area contributed by atoms with Crippen LogP contribution in [0.2, 0.25) is 0 Å². The molecule has 0 aromatic heterocycles. The molecule has 0 bridgehead atoms. The van der Waals surface area contributed by atoms with Gasteiger partial charge in [-0.3, -0.25) is 14.8 Å². The molecule has 4 aromatic carbocycles. The summed E-state index contributed by atoms with van der Waals surface area (Å²) in [5, 5.41) is 8.88. The lowest BCUT2D eigenvalue weighted by Gasteiger charge is -2.28. The van der Waals surface area contributed by atoms with E-state index in [1.165, 1.54) is 5.48 Å². The summed E-state index contributed by atoms with van der Waals surface area (Å²) in [5.41, 5.74) is -1.48. The lowest BCUT2D eigenvalue weighted by Crippen LogP contribution is -2.43. The second-order valence-corrected chi connectivity index (χ2v) is 11.9. The Hall–Kier alpha value is -4.94. The molecule has 0 aliphatic carbocycles. The van der Waals surface area contributed by atoms with Gasteiger partial charge in [-0.15, -0.1) is 0 Å². The van der Waals surface area contributed by atoms with Crippen LogP contribution >= 0.6 is 0 Å². The van der Waals surface area contributed by atoms with E-state index < -0.39 is 98.6 Å². The molecule has 0 radical (unpaired) electrons. The fourth-order valence-corrected chi connectivity index (χ4v) is 5.70. The highest BCUT2D eigenvalue weighted by atomic mass is 32.2. The highest BCUT2D eigenvalue weighted by Gasteiger charge is 2.34. The summed E-state index contributed by atoms with van der Waals surface area (Å²) in [4.78, 5) is 25.6. The molecule has 0 saturated heterocycles. The molecule has 48 heavy (non-hydrogen) atoms. The molecule has 0 fully saturated rings. The second-order valence-electron chi connectivity index (χ2n) is 9.94. The predicted octanol–water partition coefficient (Wildman–Crippen LogP) is 6.08. The average Bonchev–Trinajstić information content (AvgIpc) is 3.06. The number of carbonyl (C=O) groups is 2. The van der Waals surface area contributed by atoms with Crippen molar-refractivity contribution in [1.29, 1.82) is 0 Å². The Morgan fingerprint density at radius 2 is 1.23 bits per heavy atom. The van der Waals surface area contributed by atoms with Crippen LogP contribution < -0.4 is 10.4 Å². The maximum absolute atomic E-state index is 14.7. The molecule has 0 aliphatic rings. The number of nitrogens with one attached hydrogen (secondary N) is 1. The number of amides is 2. The molecule has 0 atom stereocenters. The van der Waals surface area contributed by atoms with Gasteiger partial charge in [0.25, 0.3) is 5.91 Å². The number of benzene rings is 4. The number of nitrogens with zero attached hydrogens (tertiary/aromatic N) is 2. The molecular weight excluding hydrogens is 685 g/mol. The van der Waals surface area contributed by atoms with Gasteiger partial charge in [0.1, 0.15) is 5.82 Å². The SMILES string of the molecule is O=C(NO)c1ccc(N(Cc2ccc(C(F)(F)F)cc2)C(=O)CN(Cc2c(F)c(F)c(F)c(F)c2F)S(=O)(=O)c2ccc(F)cc2)cc1. The molecule has 2 amide bonds. The van der Waals surface area contributed by atoms with Crippen LogP contribution in [0, 0.1) is 34.9 Å². The molecule has 0 unspecified atom stereocenters. The van der Waals surface area contributed by atoms with E-state index in [-0.39, 0.29) is 21.1 Å². The third kappa shape index (κ3) is 7.61. The summed E-state index contributed by atoms with van der Waals surface area (Å²) < 4.78 is 151. The first-order valence-electron chi connectivity index (χ1n) is 13.2.